The summed E-state index contributed by atoms with van der Waals surface area (Å²) in [6, 6.07) is 6.81. The lowest BCUT2D eigenvalue weighted by Gasteiger charge is -2.03. The van der Waals surface area contributed by atoms with Gasteiger partial charge in [0.05, 0.1) is 13.2 Å². The van der Waals surface area contributed by atoms with Gasteiger partial charge in [-0.05, 0) is 25.8 Å². The zero-order chi connectivity index (χ0) is 13.2. The van der Waals surface area contributed by atoms with E-state index in [0.29, 0.717) is 19.6 Å². The number of ether oxygens (including phenoxy) is 1. The van der Waals surface area contributed by atoms with E-state index in [1.807, 2.05) is 6.07 Å². The molecule has 100 valence electrons. The predicted molar refractivity (Wildman–Crippen MR) is 67.4 cm³/mol. The number of nitrogens with two attached hydrogens (primary N) is 1. The Bertz CT molecular complexity index is 369. The first-order chi connectivity index (χ1) is 8.74. The average Bonchev–Trinajstić information content (AvgIpc) is 2.36. The average molecular weight is 254 g/mol. The van der Waals surface area contributed by atoms with E-state index in [9.17, 15) is 9.18 Å². The molecule has 0 amide bonds. The molecule has 0 aliphatic heterocycles. The molecule has 4 heteroatoms. The minimum atomic E-state index is -0.153. The van der Waals surface area contributed by atoms with Gasteiger partial charge in [0.25, 0.3) is 0 Å². The Morgan fingerprint density at radius 3 is 2.83 bits per heavy atom. The fraction of sp³-hybridized carbons (Fsp3) is 0.500. The summed E-state index contributed by atoms with van der Waals surface area (Å²) in [4.78, 5) is 11.1. The van der Waals surface area contributed by atoms with Crippen molar-refractivity contribution in [1.29, 1.82) is 0 Å². The quantitative estimate of drug-likeness (QED) is 0.566. The standard InChI is InChI=1S/C14H20FNO2/c1-2-18-14(17)9-5-6-10-16-11-12-7-3-4-8-13(12)15/h3-4,7-8,16H,2,5-6,9-11H2,1H3/p+1. The molecule has 0 heterocycles. The molecule has 18 heavy (non-hydrogen) atoms. The van der Waals surface area contributed by atoms with E-state index in [0.717, 1.165) is 24.9 Å². The van der Waals surface area contributed by atoms with Crippen LogP contribution in [0.4, 0.5) is 4.39 Å². The summed E-state index contributed by atoms with van der Waals surface area (Å²) in [7, 11) is 0. The van der Waals surface area contributed by atoms with E-state index < -0.39 is 0 Å². The maximum atomic E-state index is 13.3. The Balaban J connectivity index is 2.06. The zero-order valence-corrected chi connectivity index (χ0v) is 10.8. The molecular weight excluding hydrogens is 233 g/mol. The van der Waals surface area contributed by atoms with Gasteiger partial charge in [0.1, 0.15) is 12.4 Å². The highest BCUT2D eigenvalue weighted by atomic mass is 19.1. The highest BCUT2D eigenvalue weighted by Gasteiger charge is 2.03. The van der Waals surface area contributed by atoms with Gasteiger partial charge in [-0.2, -0.15) is 0 Å². The SMILES string of the molecule is CCOC(=O)CCCC[NH2+]Cc1ccccc1F. The van der Waals surface area contributed by atoms with Gasteiger partial charge in [-0.3, -0.25) is 4.79 Å². The molecule has 0 spiro atoms. The van der Waals surface area contributed by atoms with Crippen molar-refractivity contribution in [1.82, 2.24) is 0 Å². The first-order valence-corrected chi connectivity index (χ1v) is 6.44. The molecule has 0 fully saturated rings. The van der Waals surface area contributed by atoms with Crippen molar-refractivity contribution in [3.8, 4) is 0 Å². The number of unbranched alkanes of at least 4 members (excludes halogenated alkanes) is 1. The molecule has 2 N–H and O–H groups in total. The zero-order valence-electron chi connectivity index (χ0n) is 10.8. The van der Waals surface area contributed by atoms with Gasteiger partial charge in [0, 0.05) is 12.0 Å². The Morgan fingerprint density at radius 1 is 1.33 bits per heavy atom. The van der Waals surface area contributed by atoms with Crippen molar-refractivity contribution in [2.24, 2.45) is 0 Å². The molecule has 0 saturated heterocycles. The van der Waals surface area contributed by atoms with Crippen LogP contribution in [0.15, 0.2) is 24.3 Å². The first-order valence-electron chi connectivity index (χ1n) is 6.44. The third-order valence-electron chi connectivity index (χ3n) is 2.67. The summed E-state index contributed by atoms with van der Waals surface area (Å²) in [5.41, 5.74) is 0.725. The Morgan fingerprint density at radius 2 is 2.11 bits per heavy atom. The van der Waals surface area contributed by atoms with Crippen molar-refractivity contribution in [2.75, 3.05) is 13.2 Å². The number of hydrogen-bond acceptors (Lipinski definition) is 2. The van der Waals surface area contributed by atoms with E-state index in [2.05, 4.69) is 5.32 Å². The third-order valence-corrected chi connectivity index (χ3v) is 2.67. The van der Waals surface area contributed by atoms with Gasteiger partial charge < -0.3 is 10.1 Å². The van der Waals surface area contributed by atoms with Crippen LogP contribution in [0.3, 0.4) is 0 Å². The molecule has 0 aliphatic carbocycles. The molecule has 0 bridgehead atoms. The molecule has 0 unspecified atom stereocenters. The van der Waals surface area contributed by atoms with Crippen LogP contribution in [0.1, 0.15) is 31.7 Å². The maximum Gasteiger partial charge on any atom is 0.305 e. The van der Waals surface area contributed by atoms with Crippen LogP contribution in [0.5, 0.6) is 0 Å². The van der Waals surface area contributed by atoms with E-state index in [4.69, 9.17) is 4.74 Å². The summed E-state index contributed by atoms with van der Waals surface area (Å²) in [5.74, 6) is -0.285. The number of hydrogen-bond donors (Lipinski definition) is 1. The number of esters is 1. The number of quaternary nitrogens is 1. The van der Waals surface area contributed by atoms with Crippen molar-refractivity contribution < 1.29 is 19.2 Å². The smallest absolute Gasteiger partial charge is 0.305 e. The minimum Gasteiger partial charge on any atom is -0.466 e. The molecule has 3 nitrogen and oxygen atoms in total. The van der Waals surface area contributed by atoms with Gasteiger partial charge in [-0.1, -0.05) is 18.2 Å². The normalized spacial score (nSPS) is 10.3. The molecule has 0 atom stereocenters. The number of halogens is 1. The molecule has 1 aromatic carbocycles. The first kappa shape index (κ1) is 14.6. The highest BCUT2D eigenvalue weighted by Crippen LogP contribution is 2.03. The minimum absolute atomic E-state index is 0.133. The Hall–Kier alpha value is -1.42. The summed E-state index contributed by atoms with van der Waals surface area (Å²) in [6.45, 7) is 3.79. The van der Waals surface area contributed by atoms with Crippen LogP contribution in [0.2, 0.25) is 0 Å². The van der Waals surface area contributed by atoms with Gasteiger partial charge in [0.2, 0.25) is 0 Å². The van der Waals surface area contributed by atoms with E-state index in [1.165, 1.54) is 6.07 Å². The van der Waals surface area contributed by atoms with Gasteiger partial charge in [-0.15, -0.1) is 0 Å². The van der Waals surface area contributed by atoms with E-state index in [1.54, 1.807) is 19.1 Å². The number of carbonyl (C=O) groups is 1. The lowest BCUT2D eigenvalue weighted by molar-refractivity contribution is -0.671. The number of carbonyl (C=O) groups excluding carboxylic acids is 1. The van der Waals surface area contributed by atoms with E-state index in [-0.39, 0.29) is 11.8 Å². The second kappa shape index (κ2) is 8.64. The number of benzene rings is 1. The lowest BCUT2D eigenvalue weighted by atomic mass is 10.2. The summed E-state index contributed by atoms with van der Waals surface area (Å²) in [6.07, 6.45) is 2.24. The Labute approximate surface area is 107 Å². The second-order valence-corrected chi connectivity index (χ2v) is 4.14. The van der Waals surface area contributed by atoms with Crippen LogP contribution in [-0.2, 0) is 16.1 Å². The van der Waals surface area contributed by atoms with Crippen LogP contribution in [0, 0.1) is 5.82 Å². The number of rotatable bonds is 8. The van der Waals surface area contributed by atoms with E-state index >= 15 is 0 Å². The van der Waals surface area contributed by atoms with Crippen molar-refractivity contribution >= 4 is 5.97 Å². The predicted octanol–water partition coefficient (Wildman–Crippen LogP) is 1.62. The van der Waals surface area contributed by atoms with Crippen LogP contribution in [-0.4, -0.2) is 19.1 Å². The van der Waals surface area contributed by atoms with Crippen LogP contribution in [0.25, 0.3) is 0 Å². The molecule has 0 saturated carbocycles. The Kier molecular flexibility index (Phi) is 7.03. The summed E-state index contributed by atoms with van der Waals surface area (Å²) < 4.78 is 18.1. The molecule has 0 aliphatic rings. The lowest BCUT2D eigenvalue weighted by Crippen LogP contribution is -2.82. The van der Waals surface area contributed by atoms with Gasteiger partial charge in [0.15, 0.2) is 0 Å². The van der Waals surface area contributed by atoms with Crippen molar-refractivity contribution in [2.45, 2.75) is 32.7 Å². The summed E-state index contributed by atoms with van der Waals surface area (Å²) in [5, 5.41) is 2.06. The maximum absolute atomic E-state index is 13.3. The molecular formula is C14H21FNO2+. The van der Waals surface area contributed by atoms with Crippen molar-refractivity contribution in [3.05, 3.63) is 35.6 Å². The molecule has 1 aromatic rings. The third kappa shape index (κ3) is 5.77. The van der Waals surface area contributed by atoms with Crippen LogP contribution >= 0.6 is 0 Å². The fourth-order valence-corrected chi connectivity index (χ4v) is 1.71. The van der Waals surface area contributed by atoms with Gasteiger partial charge >= 0.3 is 5.97 Å². The monoisotopic (exact) mass is 254 g/mol. The molecule has 1 rings (SSSR count). The second-order valence-electron chi connectivity index (χ2n) is 4.14. The topological polar surface area (TPSA) is 42.9 Å². The van der Waals surface area contributed by atoms with Crippen LogP contribution < -0.4 is 5.32 Å². The highest BCUT2D eigenvalue weighted by molar-refractivity contribution is 5.69. The fourth-order valence-electron chi connectivity index (χ4n) is 1.71. The molecule has 0 aromatic heterocycles. The summed E-state index contributed by atoms with van der Waals surface area (Å²) >= 11 is 0. The largest absolute Gasteiger partial charge is 0.466 e. The molecule has 0 radical (unpaired) electrons. The van der Waals surface area contributed by atoms with Gasteiger partial charge in [-0.25, -0.2) is 4.39 Å². The van der Waals surface area contributed by atoms with Crippen molar-refractivity contribution in [3.63, 3.8) is 0 Å².